The Morgan fingerprint density at radius 1 is 1.19 bits per heavy atom. The molecule has 1 fully saturated rings. The summed E-state index contributed by atoms with van der Waals surface area (Å²) in [7, 11) is 0. The second-order valence-corrected chi connectivity index (χ2v) is 7.29. The van der Waals surface area contributed by atoms with E-state index in [4.69, 9.17) is 11.6 Å². The van der Waals surface area contributed by atoms with Crippen LogP contribution in [0, 0.1) is 0 Å². The number of rotatable bonds is 2. The fraction of sp³-hybridized carbons (Fsp3) is 0.611. The SMILES string of the molecule is CC(C)(C)c1ccc(C(=O)N2CCCCCC2CCl)cc1. The molecule has 0 N–H and O–H groups in total. The standard InChI is InChI=1S/C18H26ClNO/c1-18(2,3)15-10-8-14(9-11-15)17(21)20-12-6-4-5-7-16(20)13-19/h8-11,16H,4-7,12-13H2,1-3H3. The maximum atomic E-state index is 12.8. The number of hydrogen-bond donors (Lipinski definition) is 0. The van der Waals surface area contributed by atoms with Crippen molar-refractivity contribution in [2.45, 2.75) is 57.9 Å². The van der Waals surface area contributed by atoms with E-state index in [1.54, 1.807) is 0 Å². The Balaban J connectivity index is 2.18. The Kier molecular flexibility index (Phi) is 5.32. The minimum Gasteiger partial charge on any atom is -0.334 e. The summed E-state index contributed by atoms with van der Waals surface area (Å²) in [6.45, 7) is 7.38. The Morgan fingerprint density at radius 2 is 1.86 bits per heavy atom. The third-order valence-electron chi connectivity index (χ3n) is 4.31. The second kappa shape index (κ2) is 6.83. The molecule has 21 heavy (non-hydrogen) atoms. The molecule has 1 aromatic carbocycles. The van der Waals surface area contributed by atoms with Gasteiger partial charge in [-0.15, -0.1) is 11.6 Å². The van der Waals surface area contributed by atoms with Gasteiger partial charge in [0.2, 0.25) is 0 Å². The van der Waals surface area contributed by atoms with Crippen LogP contribution < -0.4 is 0 Å². The lowest BCUT2D eigenvalue weighted by Gasteiger charge is -2.29. The van der Waals surface area contributed by atoms with Crippen molar-refractivity contribution in [2.75, 3.05) is 12.4 Å². The number of carbonyl (C=O) groups excluding carboxylic acids is 1. The molecule has 1 heterocycles. The first-order valence-electron chi connectivity index (χ1n) is 7.91. The van der Waals surface area contributed by atoms with Gasteiger partial charge < -0.3 is 4.90 Å². The molecule has 1 atom stereocenters. The van der Waals surface area contributed by atoms with Crippen molar-refractivity contribution in [1.29, 1.82) is 0 Å². The molecule has 2 nitrogen and oxygen atoms in total. The molecule has 1 aromatic rings. The number of halogens is 1. The topological polar surface area (TPSA) is 20.3 Å². The van der Waals surface area contributed by atoms with Gasteiger partial charge in [0.05, 0.1) is 0 Å². The normalized spacial score (nSPS) is 20.2. The molecule has 0 radical (unpaired) electrons. The fourth-order valence-electron chi connectivity index (χ4n) is 2.88. The molecule has 1 saturated heterocycles. The maximum Gasteiger partial charge on any atom is 0.254 e. The zero-order valence-electron chi connectivity index (χ0n) is 13.4. The Morgan fingerprint density at radius 3 is 2.43 bits per heavy atom. The summed E-state index contributed by atoms with van der Waals surface area (Å²) >= 11 is 6.07. The van der Waals surface area contributed by atoms with Gasteiger partial charge in [-0.2, -0.15) is 0 Å². The van der Waals surface area contributed by atoms with Crippen LogP contribution in [-0.4, -0.2) is 29.3 Å². The van der Waals surface area contributed by atoms with E-state index in [0.29, 0.717) is 5.88 Å². The largest absolute Gasteiger partial charge is 0.334 e. The summed E-state index contributed by atoms with van der Waals surface area (Å²) in [5.74, 6) is 0.661. The van der Waals surface area contributed by atoms with E-state index < -0.39 is 0 Å². The van der Waals surface area contributed by atoms with Crippen LogP contribution >= 0.6 is 11.6 Å². The molecule has 1 unspecified atom stereocenters. The maximum absolute atomic E-state index is 12.8. The summed E-state index contributed by atoms with van der Waals surface area (Å²) in [5, 5.41) is 0. The van der Waals surface area contributed by atoms with Gasteiger partial charge in [-0.3, -0.25) is 4.79 Å². The van der Waals surface area contributed by atoms with E-state index in [2.05, 4.69) is 32.9 Å². The van der Waals surface area contributed by atoms with Crippen LogP contribution in [-0.2, 0) is 5.41 Å². The second-order valence-electron chi connectivity index (χ2n) is 6.98. The summed E-state index contributed by atoms with van der Waals surface area (Å²) < 4.78 is 0. The molecular weight excluding hydrogens is 282 g/mol. The van der Waals surface area contributed by atoms with Gasteiger partial charge in [-0.05, 0) is 36.0 Å². The van der Waals surface area contributed by atoms with E-state index in [0.717, 1.165) is 24.9 Å². The molecule has 1 amide bonds. The number of carbonyl (C=O) groups is 1. The summed E-state index contributed by atoms with van der Waals surface area (Å²) in [6.07, 6.45) is 4.47. The van der Waals surface area contributed by atoms with Crippen LogP contribution in [0.5, 0.6) is 0 Å². The van der Waals surface area contributed by atoms with Crippen molar-refractivity contribution < 1.29 is 4.79 Å². The van der Waals surface area contributed by atoms with Crippen molar-refractivity contribution in [3.8, 4) is 0 Å². The first-order valence-corrected chi connectivity index (χ1v) is 8.44. The third-order valence-corrected chi connectivity index (χ3v) is 4.67. The molecule has 3 heteroatoms. The van der Waals surface area contributed by atoms with E-state index in [9.17, 15) is 4.79 Å². The molecule has 1 aliphatic rings. The third kappa shape index (κ3) is 4.00. The Hall–Kier alpha value is -1.02. The number of hydrogen-bond acceptors (Lipinski definition) is 1. The summed E-state index contributed by atoms with van der Waals surface area (Å²) in [6, 6.07) is 8.24. The van der Waals surface area contributed by atoms with Crippen LogP contribution in [0.4, 0.5) is 0 Å². The predicted octanol–water partition coefficient (Wildman–Crippen LogP) is 4.61. The van der Waals surface area contributed by atoms with Gasteiger partial charge in [-0.1, -0.05) is 45.7 Å². The minimum absolute atomic E-state index is 0.114. The molecule has 116 valence electrons. The van der Waals surface area contributed by atoms with E-state index >= 15 is 0 Å². The quantitative estimate of drug-likeness (QED) is 0.731. The molecule has 0 spiro atoms. The van der Waals surface area contributed by atoms with E-state index in [-0.39, 0.29) is 17.4 Å². The number of nitrogens with zero attached hydrogens (tertiary/aromatic N) is 1. The van der Waals surface area contributed by atoms with Gasteiger partial charge in [0.25, 0.3) is 5.91 Å². The van der Waals surface area contributed by atoms with Crippen molar-refractivity contribution in [3.63, 3.8) is 0 Å². The van der Waals surface area contributed by atoms with Crippen LogP contribution in [0.2, 0.25) is 0 Å². The fourth-order valence-corrected chi connectivity index (χ4v) is 3.20. The predicted molar refractivity (Wildman–Crippen MR) is 89.2 cm³/mol. The molecular formula is C18H26ClNO. The highest BCUT2D eigenvalue weighted by Gasteiger charge is 2.25. The monoisotopic (exact) mass is 307 g/mol. The molecule has 0 saturated carbocycles. The van der Waals surface area contributed by atoms with Crippen LogP contribution in [0.25, 0.3) is 0 Å². The molecule has 1 aliphatic heterocycles. The van der Waals surface area contributed by atoms with Gasteiger partial charge in [0, 0.05) is 24.0 Å². The van der Waals surface area contributed by atoms with Gasteiger partial charge >= 0.3 is 0 Å². The lowest BCUT2D eigenvalue weighted by atomic mass is 9.86. The van der Waals surface area contributed by atoms with Crippen LogP contribution in [0.3, 0.4) is 0 Å². The first kappa shape index (κ1) is 16.4. The average Bonchev–Trinajstić information content (AvgIpc) is 2.70. The van der Waals surface area contributed by atoms with Crippen LogP contribution in [0.1, 0.15) is 62.4 Å². The highest BCUT2D eigenvalue weighted by Crippen LogP contribution is 2.24. The van der Waals surface area contributed by atoms with Crippen molar-refractivity contribution in [2.24, 2.45) is 0 Å². The molecule has 0 bridgehead atoms. The Labute approximate surface area is 133 Å². The number of amides is 1. The highest BCUT2D eigenvalue weighted by molar-refractivity contribution is 6.18. The van der Waals surface area contributed by atoms with Crippen molar-refractivity contribution >= 4 is 17.5 Å². The van der Waals surface area contributed by atoms with Gasteiger partial charge in [0.15, 0.2) is 0 Å². The molecule has 0 aromatic heterocycles. The number of likely N-dealkylation sites (tertiary alicyclic amines) is 1. The summed E-state index contributed by atoms with van der Waals surface area (Å²) in [5.41, 5.74) is 2.15. The number of benzene rings is 1. The lowest BCUT2D eigenvalue weighted by Crippen LogP contribution is -2.41. The first-order chi connectivity index (χ1) is 9.93. The minimum atomic E-state index is 0.114. The van der Waals surface area contributed by atoms with Crippen LogP contribution in [0.15, 0.2) is 24.3 Å². The Bertz CT molecular complexity index is 475. The average molecular weight is 308 g/mol. The smallest absolute Gasteiger partial charge is 0.254 e. The van der Waals surface area contributed by atoms with Crippen molar-refractivity contribution in [1.82, 2.24) is 4.90 Å². The zero-order valence-corrected chi connectivity index (χ0v) is 14.1. The lowest BCUT2D eigenvalue weighted by molar-refractivity contribution is 0.0700. The number of alkyl halides is 1. The zero-order chi connectivity index (χ0) is 15.5. The highest BCUT2D eigenvalue weighted by atomic mass is 35.5. The van der Waals surface area contributed by atoms with Gasteiger partial charge in [0.1, 0.15) is 0 Å². The van der Waals surface area contributed by atoms with E-state index in [1.807, 2.05) is 17.0 Å². The van der Waals surface area contributed by atoms with E-state index in [1.165, 1.54) is 18.4 Å². The summed E-state index contributed by atoms with van der Waals surface area (Å²) in [4.78, 5) is 14.7. The van der Waals surface area contributed by atoms with Crippen molar-refractivity contribution in [3.05, 3.63) is 35.4 Å². The van der Waals surface area contributed by atoms with Gasteiger partial charge in [-0.25, -0.2) is 0 Å². The molecule has 0 aliphatic carbocycles. The molecule has 2 rings (SSSR count).